The van der Waals surface area contributed by atoms with Crippen LogP contribution in [0.4, 0.5) is 11.4 Å². The zero-order chi connectivity index (χ0) is 10.3. The van der Waals surface area contributed by atoms with Crippen molar-refractivity contribution in [1.82, 2.24) is 0 Å². The number of nitrogen functional groups attached to an aromatic ring is 2. The Morgan fingerprint density at radius 2 is 1.62 bits per heavy atom. The van der Waals surface area contributed by atoms with E-state index in [1.807, 2.05) is 19.1 Å². The normalized spacial score (nSPS) is 8.85. The van der Waals surface area contributed by atoms with Crippen LogP contribution in [0.2, 0.25) is 0 Å². The van der Waals surface area contributed by atoms with Gasteiger partial charge in [0, 0.05) is 0 Å². The maximum absolute atomic E-state index is 5.56. The van der Waals surface area contributed by atoms with E-state index in [2.05, 4.69) is 13.8 Å². The van der Waals surface area contributed by atoms with E-state index in [0.29, 0.717) is 11.4 Å². The molecular weight excluding hydrogens is 160 g/mol. The van der Waals surface area contributed by atoms with E-state index in [0.717, 1.165) is 5.56 Å². The van der Waals surface area contributed by atoms with E-state index in [1.165, 1.54) is 12.8 Å². The molecule has 0 heterocycles. The Labute approximate surface area is 80.9 Å². The van der Waals surface area contributed by atoms with Gasteiger partial charge in [-0.25, -0.2) is 0 Å². The van der Waals surface area contributed by atoms with Crippen molar-refractivity contribution in [3.05, 3.63) is 23.8 Å². The number of benzene rings is 1. The zero-order valence-electron chi connectivity index (χ0n) is 8.80. The number of hydrogen-bond acceptors (Lipinski definition) is 2. The van der Waals surface area contributed by atoms with Gasteiger partial charge in [0.15, 0.2) is 0 Å². The maximum Gasteiger partial charge on any atom is 0.0577 e. The first kappa shape index (κ1) is 11.8. The van der Waals surface area contributed by atoms with E-state index < -0.39 is 0 Å². The minimum absolute atomic E-state index is 0.662. The van der Waals surface area contributed by atoms with Crippen LogP contribution in [0.5, 0.6) is 0 Å². The van der Waals surface area contributed by atoms with Crippen LogP contribution >= 0.6 is 0 Å². The molecule has 0 amide bonds. The third kappa shape index (κ3) is 4.41. The second-order valence-electron chi connectivity index (χ2n) is 3.08. The van der Waals surface area contributed by atoms with E-state index in [9.17, 15) is 0 Å². The summed E-state index contributed by atoms with van der Waals surface area (Å²) in [7, 11) is 0. The molecule has 2 nitrogen and oxygen atoms in total. The molecule has 2 heteroatoms. The molecule has 74 valence electrons. The van der Waals surface area contributed by atoms with E-state index in [4.69, 9.17) is 11.5 Å². The van der Waals surface area contributed by atoms with Crippen LogP contribution in [0.3, 0.4) is 0 Å². The first-order valence-corrected chi connectivity index (χ1v) is 4.74. The number of aryl methyl sites for hydroxylation is 1. The van der Waals surface area contributed by atoms with E-state index >= 15 is 0 Å². The minimum atomic E-state index is 0.662. The molecule has 0 saturated carbocycles. The summed E-state index contributed by atoms with van der Waals surface area (Å²) < 4.78 is 0. The molecule has 0 unspecified atom stereocenters. The summed E-state index contributed by atoms with van der Waals surface area (Å²) in [6.07, 6.45) is 2.64. The van der Waals surface area contributed by atoms with Gasteiger partial charge >= 0.3 is 0 Å². The molecular formula is C11H20N2. The number of unbranched alkanes of at least 4 members (excludes halogenated alkanes) is 1. The van der Waals surface area contributed by atoms with Crippen molar-refractivity contribution in [3.63, 3.8) is 0 Å². The Kier molecular flexibility index (Phi) is 5.77. The van der Waals surface area contributed by atoms with Gasteiger partial charge in [0.1, 0.15) is 0 Å². The average Bonchev–Trinajstić information content (AvgIpc) is 2.14. The quantitative estimate of drug-likeness (QED) is 0.653. The highest BCUT2D eigenvalue weighted by molar-refractivity contribution is 5.66. The summed E-state index contributed by atoms with van der Waals surface area (Å²) in [5.74, 6) is 0. The Balaban J connectivity index is 0.000000310. The third-order valence-corrected chi connectivity index (χ3v) is 1.86. The van der Waals surface area contributed by atoms with Crippen molar-refractivity contribution in [2.24, 2.45) is 0 Å². The number of hydrogen-bond donors (Lipinski definition) is 2. The highest BCUT2D eigenvalue weighted by Gasteiger charge is 1.93. The fraction of sp³-hybridized carbons (Fsp3) is 0.455. The molecule has 0 bridgehead atoms. The lowest BCUT2D eigenvalue weighted by Gasteiger charge is -2.00. The van der Waals surface area contributed by atoms with Crippen LogP contribution in [0.1, 0.15) is 32.3 Å². The molecule has 13 heavy (non-hydrogen) atoms. The summed E-state index contributed by atoms with van der Waals surface area (Å²) in [6.45, 7) is 6.30. The van der Waals surface area contributed by atoms with Crippen LogP contribution in [0.25, 0.3) is 0 Å². The predicted octanol–water partition coefficient (Wildman–Crippen LogP) is 2.97. The Morgan fingerprint density at radius 3 is 1.92 bits per heavy atom. The summed E-state index contributed by atoms with van der Waals surface area (Å²) in [4.78, 5) is 0. The van der Waals surface area contributed by atoms with Gasteiger partial charge in [-0.3, -0.25) is 0 Å². The SMILES string of the molecule is CCCC.Cc1cccc(N)c1N. The molecule has 1 rings (SSSR count). The van der Waals surface area contributed by atoms with Crippen molar-refractivity contribution < 1.29 is 0 Å². The van der Waals surface area contributed by atoms with Crippen molar-refractivity contribution in [1.29, 1.82) is 0 Å². The summed E-state index contributed by atoms with van der Waals surface area (Å²) >= 11 is 0. The first-order valence-electron chi connectivity index (χ1n) is 4.74. The largest absolute Gasteiger partial charge is 0.397 e. The van der Waals surface area contributed by atoms with Crippen LogP contribution in [-0.4, -0.2) is 0 Å². The van der Waals surface area contributed by atoms with Crippen molar-refractivity contribution in [2.45, 2.75) is 33.6 Å². The highest BCUT2D eigenvalue weighted by Crippen LogP contribution is 2.17. The molecule has 1 aromatic carbocycles. The lowest BCUT2D eigenvalue weighted by Crippen LogP contribution is -1.95. The Hall–Kier alpha value is -1.18. The van der Waals surface area contributed by atoms with Crippen LogP contribution < -0.4 is 11.5 Å². The highest BCUT2D eigenvalue weighted by atomic mass is 14.7. The van der Waals surface area contributed by atoms with Gasteiger partial charge in [-0.2, -0.15) is 0 Å². The van der Waals surface area contributed by atoms with Gasteiger partial charge in [-0.1, -0.05) is 38.8 Å². The summed E-state index contributed by atoms with van der Waals surface area (Å²) in [6, 6.07) is 5.62. The Morgan fingerprint density at radius 1 is 1.08 bits per heavy atom. The van der Waals surface area contributed by atoms with Crippen molar-refractivity contribution in [3.8, 4) is 0 Å². The second kappa shape index (κ2) is 6.35. The van der Waals surface area contributed by atoms with Gasteiger partial charge < -0.3 is 11.5 Å². The Bertz CT molecular complexity index is 222. The van der Waals surface area contributed by atoms with Gasteiger partial charge in [0.05, 0.1) is 11.4 Å². The van der Waals surface area contributed by atoms with Crippen LogP contribution in [-0.2, 0) is 0 Å². The van der Waals surface area contributed by atoms with Crippen molar-refractivity contribution >= 4 is 11.4 Å². The average molecular weight is 180 g/mol. The van der Waals surface area contributed by atoms with Gasteiger partial charge in [-0.15, -0.1) is 0 Å². The molecule has 1 aromatic rings. The molecule has 0 aromatic heterocycles. The van der Waals surface area contributed by atoms with Crippen LogP contribution in [0.15, 0.2) is 18.2 Å². The first-order chi connectivity index (χ1) is 6.13. The topological polar surface area (TPSA) is 52.0 Å². The molecule has 0 aliphatic heterocycles. The minimum Gasteiger partial charge on any atom is -0.397 e. The van der Waals surface area contributed by atoms with Crippen LogP contribution in [0, 0.1) is 6.92 Å². The standard InChI is InChI=1S/C7H10N2.C4H10/c1-5-3-2-4-6(8)7(5)9;1-3-4-2/h2-4H,8-9H2,1H3;3-4H2,1-2H3. The van der Waals surface area contributed by atoms with Crippen molar-refractivity contribution in [2.75, 3.05) is 11.5 Å². The molecule has 0 atom stereocenters. The van der Waals surface area contributed by atoms with E-state index in [1.54, 1.807) is 6.07 Å². The third-order valence-electron chi connectivity index (χ3n) is 1.86. The van der Waals surface area contributed by atoms with Gasteiger partial charge in [0.25, 0.3) is 0 Å². The molecule has 4 N–H and O–H groups in total. The summed E-state index contributed by atoms with van der Waals surface area (Å²) in [5, 5.41) is 0. The zero-order valence-corrected chi connectivity index (χ0v) is 8.80. The maximum atomic E-state index is 5.56. The molecule has 0 saturated heterocycles. The van der Waals surface area contributed by atoms with E-state index in [-0.39, 0.29) is 0 Å². The smallest absolute Gasteiger partial charge is 0.0577 e. The summed E-state index contributed by atoms with van der Waals surface area (Å²) in [5.41, 5.74) is 13.4. The number of nitrogens with two attached hydrogens (primary N) is 2. The number of anilines is 2. The fourth-order valence-electron chi connectivity index (χ4n) is 0.703. The number of rotatable bonds is 1. The number of para-hydroxylation sites is 1. The van der Waals surface area contributed by atoms with Gasteiger partial charge in [-0.05, 0) is 18.6 Å². The van der Waals surface area contributed by atoms with Gasteiger partial charge in [0.2, 0.25) is 0 Å². The molecule has 0 fully saturated rings. The molecule has 0 aliphatic rings. The molecule has 0 spiro atoms. The lowest BCUT2D eigenvalue weighted by molar-refractivity contribution is 0.886. The molecule has 0 radical (unpaired) electrons. The predicted molar refractivity (Wildman–Crippen MR) is 60.6 cm³/mol. The lowest BCUT2D eigenvalue weighted by atomic mass is 10.2. The fourth-order valence-corrected chi connectivity index (χ4v) is 0.703. The molecule has 0 aliphatic carbocycles. The second-order valence-corrected chi connectivity index (χ2v) is 3.08. The monoisotopic (exact) mass is 180 g/mol.